The van der Waals surface area contributed by atoms with Gasteiger partial charge in [0.05, 0.1) is 29.0 Å². The minimum Gasteiger partial charge on any atom is -0.495 e. The second-order valence-electron chi connectivity index (χ2n) is 12.2. The molecule has 1 heterocycles. The SMILES string of the molecule is COc1ccc(C[C@H]2NC(=O)/C=C/C[C@@H]([C@H](C)[C@@H](O)[C@@H](Br)c3ccccc3)OC(=O)[C@H](CC(C)C)OC(=O)[C@H](C)CNC2=O)cc1Cl. The number of hydrogen-bond donors (Lipinski definition) is 3. The summed E-state index contributed by atoms with van der Waals surface area (Å²) >= 11 is 9.87. The van der Waals surface area contributed by atoms with E-state index in [2.05, 4.69) is 26.6 Å². The maximum atomic E-state index is 13.5. The molecule has 2 aromatic carbocycles. The van der Waals surface area contributed by atoms with Crippen molar-refractivity contribution in [2.45, 2.75) is 76.1 Å². The minimum absolute atomic E-state index is 0.0109. The molecule has 0 fully saturated rings. The summed E-state index contributed by atoms with van der Waals surface area (Å²) in [6.45, 7) is 7.01. The first-order valence-corrected chi connectivity index (χ1v) is 16.9. The summed E-state index contributed by atoms with van der Waals surface area (Å²) in [6.07, 6.45) is 0.110. The minimum atomic E-state index is -1.20. The molecule has 2 amide bonds. The lowest BCUT2D eigenvalue weighted by Crippen LogP contribution is -2.49. The van der Waals surface area contributed by atoms with Crippen LogP contribution >= 0.6 is 27.5 Å². The standard InChI is InChI=1S/C35H44BrClN2O8/c1-20(2)16-29-35(44)46-27(22(4)32(41)31(36)24-10-7-6-8-11-24)12-9-13-30(40)39-26(33(42)38-19-21(3)34(43)47-29)18-23-14-15-28(45-5)25(37)17-23/h6-11,13-15,17,20-22,26-27,29,31-32,41H,12,16,18-19H2,1-5H3,(H,38,42)(H,39,40)/b13-9+/t21-,22+,26-,27+,29+,31+,32-/m1/s1. The van der Waals surface area contributed by atoms with Crippen molar-refractivity contribution in [2.75, 3.05) is 13.7 Å². The number of amides is 2. The number of methoxy groups -OCH3 is 1. The summed E-state index contributed by atoms with van der Waals surface area (Å²) in [6, 6.07) is 13.4. The van der Waals surface area contributed by atoms with Crippen LogP contribution in [0.2, 0.25) is 5.02 Å². The molecule has 3 N–H and O–H groups in total. The van der Waals surface area contributed by atoms with Gasteiger partial charge in [-0.1, -0.05) is 97.7 Å². The monoisotopic (exact) mass is 734 g/mol. The molecule has 256 valence electrons. The molecule has 47 heavy (non-hydrogen) atoms. The number of halogens is 2. The van der Waals surface area contributed by atoms with Gasteiger partial charge in [-0.3, -0.25) is 14.4 Å². The van der Waals surface area contributed by atoms with Crippen LogP contribution in [0.25, 0.3) is 0 Å². The van der Waals surface area contributed by atoms with Crippen LogP contribution in [-0.2, 0) is 35.1 Å². The first-order chi connectivity index (χ1) is 22.3. The molecule has 0 bridgehead atoms. The number of aliphatic hydroxyl groups is 1. The molecular formula is C35H44BrClN2O8. The number of hydrogen-bond acceptors (Lipinski definition) is 8. The molecule has 10 nitrogen and oxygen atoms in total. The molecule has 0 aromatic heterocycles. The predicted octanol–water partition coefficient (Wildman–Crippen LogP) is 5.09. The lowest BCUT2D eigenvalue weighted by atomic mass is 9.91. The van der Waals surface area contributed by atoms with Gasteiger partial charge in [0.15, 0.2) is 6.10 Å². The van der Waals surface area contributed by atoms with Gasteiger partial charge in [-0.25, -0.2) is 4.79 Å². The smallest absolute Gasteiger partial charge is 0.347 e. The average Bonchev–Trinajstić information content (AvgIpc) is 3.04. The van der Waals surface area contributed by atoms with Crippen molar-refractivity contribution in [2.24, 2.45) is 17.8 Å². The van der Waals surface area contributed by atoms with E-state index >= 15 is 0 Å². The molecule has 3 rings (SSSR count). The number of carbonyl (C=O) groups is 4. The summed E-state index contributed by atoms with van der Waals surface area (Å²) in [7, 11) is 1.49. The van der Waals surface area contributed by atoms with Crippen molar-refractivity contribution in [3.05, 3.63) is 76.8 Å². The number of aliphatic hydroxyl groups excluding tert-OH is 1. The van der Waals surface area contributed by atoms with Gasteiger partial charge in [0.25, 0.3) is 0 Å². The van der Waals surface area contributed by atoms with E-state index in [9.17, 15) is 24.3 Å². The number of benzene rings is 2. The fourth-order valence-electron chi connectivity index (χ4n) is 5.06. The lowest BCUT2D eigenvalue weighted by Gasteiger charge is -2.31. The molecule has 0 aliphatic carbocycles. The number of rotatable bonds is 9. The molecule has 0 radical (unpaired) electrons. The van der Waals surface area contributed by atoms with Gasteiger partial charge >= 0.3 is 11.9 Å². The Morgan fingerprint density at radius 3 is 2.38 bits per heavy atom. The Labute approximate surface area is 289 Å². The van der Waals surface area contributed by atoms with Crippen LogP contribution in [0, 0.1) is 17.8 Å². The highest BCUT2D eigenvalue weighted by atomic mass is 79.9. The molecule has 1 aliphatic rings. The Bertz CT molecular complexity index is 1410. The second kappa shape index (κ2) is 18.2. The number of ether oxygens (including phenoxy) is 3. The largest absolute Gasteiger partial charge is 0.495 e. The molecule has 1 aliphatic heterocycles. The highest BCUT2D eigenvalue weighted by Gasteiger charge is 2.35. The Morgan fingerprint density at radius 2 is 1.74 bits per heavy atom. The van der Waals surface area contributed by atoms with Gasteiger partial charge in [0.2, 0.25) is 11.8 Å². The van der Waals surface area contributed by atoms with Crippen molar-refractivity contribution in [3.8, 4) is 5.75 Å². The number of esters is 2. The number of cyclic esters (lactones) is 2. The van der Waals surface area contributed by atoms with Crippen LogP contribution < -0.4 is 15.4 Å². The fourth-order valence-corrected chi connectivity index (χ4v) is 6.13. The van der Waals surface area contributed by atoms with Gasteiger partial charge in [-0.15, -0.1) is 0 Å². The van der Waals surface area contributed by atoms with Gasteiger partial charge in [-0.2, -0.15) is 0 Å². The molecule has 7 atom stereocenters. The van der Waals surface area contributed by atoms with Crippen LogP contribution in [-0.4, -0.2) is 66.9 Å². The van der Waals surface area contributed by atoms with Crippen LogP contribution in [0.15, 0.2) is 60.7 Å². The van der Waals surface area contributed by atoms with E-state index in [0.29, 0.717) is 16.3 Å². The molecule has 12 heteroatoms. The van der Waals surface area contributed by atoms with Crippen molar-refractivity contribution >= 4 is 51.3 Å². The summed E-state index contributed by atoms with van der Waals surface area (Å²) < 4.78 is 16.8. The zero-order valence-corrected chi connectivity index (χ0v) is 29.6. The van der Waals surface area contributed by atoms with Crippen LogP contribution in [0.5, 0.6) is 5.75 Å². The van der Waals surface area contributed by atoms with Crippen LogP contribution in [0.3, 0.4) is 0 Å². The topological polar surface area (TPSA) is 140 Å². The average molecular weight is 736 g/mol. The maximum Gasteiger partial charge on any atom is 0.347 e. The van der Waals surface area contributed by atoms with E-state index in [1.165, 1.54) is 19.3 Å². The van der Waals surface area contributed by atoms with Gasteiger partial charge < -0.3 is 30.0 Å². The summed E-state index contributed by atoms with van der Waals surface area (Å²) in [5.74, 6) is -3.45. The zero-order chi connectivity index (χ0) is 34.7. The van der Waals surface area contributed by atoms with E-state index in [0.717, 1.165) is 5.56 Å². The fraction of sp³-hybridized carbons (Fsp3) is 0.486. The van der Waals surface area contributed by atoms with E-state index in [-0.39, 0.29) is 31.7 Å². The number of carbonyl (C=O) groups excluding carboxylic acids is 4. The van der Waals surface area contributed by atoms with Crippen LogP contribution in [0.1, 0.15) is 56.5 Å². The van der Waals surface area contributed by atoms with Crippen LogP contribution in [0.4, 0.5) is 0 Å². The molecule has 0 saturated carbocycles. The van der Waals surface area contributed by atoms with Gasteiger partial charge in [0.1, 0.15) is 17.9 Å². The summed E-state index contributed by atoms with van der Waals surface area (Å²) in [5, 5.41) is 17.1. The van der Waals surface area contributed by atoms with E-state index < -0.39 is 64.8 Å². The first kappa shape index (κ1) is 38.0. The lowest BCUT2D eigenvalue weighted by molar-refractivity contribution is -0.177. The highest BCUT2D eigenvalue weighted by molar-refractivity contribution is 9.09. The number of alkyl halides is 1. The second-order valence-corrected chi connectivity index (χ2v) is 13.6. The predicted molar refractivity (Wildman–Crippen MR) is 182 cm³/mol. The Kier molecular flexibility index (Phi) is 14.7. The molecular weight excluding hydrogens is 692 g/mol. The van der Waals surface area contributed by atoms with E-state index in [1.807, 2.05) is 44.2 Å². The number of nitrogens with one attached hydrogen (secondary N) is 2. The van der Waals surface area contributed by atoms with Crippen molar-refractivity contribution in [3.63, 3.8) is 0 Å². The highest BCUT2D eigenvalue weighted by Crippen LogP contribution is 2.33. The maximum absolute atomic E-state index is 13.5. The Hall–Kier alpha value is -3.41. The molecule has 0 saturated heterocycles. The zero-order valence-electron chi connectivity index (χ0n) is 27.3. The third kappa shape index (κ3) is 11.4. The molecule has 0 unspecified atom stereocenters. The van der Waals surface area contributed by atoms with E-state index in [1.54, 1.807) is 32.0 Å². The first-order valence-electron chi connectivity index (χ1n) is 15.7. The van der Waals surface area contributed by atoms with Gasteiger partial charge in [-0.05, 0) is 41.7 Å². The Balaban J connectivity index is 1.92. The molecule has 0 spiro atoms. The Morgan fingerprint density at radius 1 is 1.04 bits per heavy atom. The van der Waals surface area contributed by atoms with Crippen molar-refractivity contribution < 1.29 is 38.5 Å². The summed E-state index contributed by atoms with van der Waals surface area (Å²) in [5.41, 5.74) is 1.51. The van der Waals surface area contributed by atoms with E-state index in [4.69, 9.17) is 25.8 Å². The third-order valence-electron chi connectivity index (χ3n) is 7.93. The van der Waals surface area contributed by atoms with Gasteiger partial charge in [0, 0.05) is 25.3 Å². The molecule has 2 aromatic rings. The summed E-state index contributed by atoms with van der Waals surface area (Å²) in [4.78, 5) is 52.5. The third-order valence-corrected chi connectivity index (χ3v) is 9.29. The van der Waals surface area contributed by atoms with Crippen molar-refractivity contribution in [1.29, 1.82) is 0 Å². The quantitative estimate of drug-likeness (QED) is 0.239. The van der Waals surface area contributed by atoms with Crippen molar-refractivity contribution in [1.82, 2.24) is 10.6 Å². The normalized spacial score (nSPS) is 24.3.